The van der Waals surface area contributed by atoms with Crippen molar-refractivity contribution in [3.8, 4) is 17.4 Å². The minimum atomic E-state index is -0.608. The number of rotatable bonds is 6. The summed E-state index contributed by atoms with van der Waals surface area (Å²) in [5.41, 5.74) is 1.94. The maximum Gasteiger partial charge on any atom is 0.344 e. The number of furan rings is 1. The van der Waals surface area contributed by atoms with Gasteiger partial charge >= 0.3 is 11.6 Å². The van der Waals surface area contributed by atoms with Gasteiger partial charge in [0, 0.05) is 17.0 Å². The zero-order chi connectivity index (χ0) is 20.5. The largest absolute Gasteiger partial charge is 0.482 e. The number of esters is 1. The highest BCUT2D eigenvalue weighted by atomic mass is 16.6. The molecule has 0 saturated heterocycles. The number of aryl methyl sites for hydroxylation is 1. The molecule has 4 aromatic rings. The van der Waals surface area contributed by atoms with E-state index in [1.165, 1.54) is 6.26 Å². The Morgan fingerprint density at radius 1 is 1.10 bits per heavy atom. The van der Waals surface area contributed by atoms with E-state index in [2.05, 4.69) is 10.2 Å². The molecule has 0 radical (unpaired) electrons. The van der Waals surface area contributed by atoms with Crippen LogP contribution in [0.3, 0.4) is 0 Å². The van der Waals surface area contributed by atoms with E-state index in [1.807, 2.05) is 6.07 Å². The second kappa shape index (κ2) is 7.51. The van der Waals surface area contributed by atoms with Crippen LogP contribution in [0.2, 0.25) is 0 Å². The van der Waals surface area contributed by atoms with Crippen molar-refractivity contribution in [1.82, 2.24) is 10.2 Å². The summed E-state index contributed by atoms with van der Waals surface area (Å²) in [5.74, 6) is 0.557. The Labute approximate surface area is 169 Å². The summed E-state index contributed by atoms with van der Waals surface area (Å²) in [6.07, 6.45) is 4.05. The van der Waals surface area contributed by atoms with Crippen LogP contribution >= 0.6 is 0 Å². The van der Waals surface area contributed by atoms with Crippen molar-refractivity contribution in [2.45, 2.75) is 25.9 Å². The van der Waals surface area contributed by atoms with Crippen LogP contribution in [-0.4, -0.2) is 22.8 Å². The standard InChI is InChI=1S/C21H16N2O7/c24-19(28-10-18-22-23-20(30-18)16-5-2-8-26-16)11-27-12-6-7-14-13-3-1-4-15(13)21(25)29-17(14)9-12/h2,5-9H,1,3-4,10-11H2. The van der Waals surface area contributed by atoms with E-state index in [-0.39, 0.29) is 30.6 Å². The molecule has 152 valence electrons. The zero-order valence-corrected chi connectivity index (χ0v) is 15.8. The van der Waals surface area contributed by atoms with Gasteiger partial charge in [0.15, 0.2) is 19.0 Å². The molecule has 0 atom stereocenters. The minimum Gasteiger partial charge on any atom is -0.482 e. The number of carbonyl (C=O) groups is 1. The first-order valence-electron chi connectivity index (χ1n) is 9.40. The van der Waals surface area contributed by atoms with Gasteiger partial charge in [0.1, 0.15) is 11.3 Å². The Balaban J connectivity index is 1.20. The molecule has 0 saturated carbocycles. The lowest BCUT2D eigenvalue weighted by Crippen LogP contribution is -2.15. The van der Waals surface area contributed by atoms with Gasteiger partial charge in [0.05, 0.1) is 6.26 Å². The van der Waals surface area contributed by atoms with Crippen LogP contribution in [0.25, 0.3) is 22.6 Å². The summed E-state index contributed by atoms with van der Waals surface area (Å²) in [5, 5.41) is 8.52. The van der Waals surface area contributed by atoms with Gasteiger partial charge < -0.3 is 22.7 Å². The smallest absolute Gasteiger partial charge is 0.344 e. The predicted octanol–water partition coefficient (Wildman–Crippen LogP) is 3.05. The molecule has 0 fully saturated rings. The molecule has 1 aliphatic carbocycles. The van der Waals surface area contributed by atoms with E-state index in [0.717, 1.165) is 35.8 Å². The number of nitrogens with zero attached hydrogens (tertiary/aromatic N) is 2. The summed E-state index contributed by atoms with van der Waals surface area (Å²) in [6, 6.07) is 8.56. The third kappa shape index (κ3) is 3.45. The van der Waals surface area contributed by atoms with Crippen LogP contribution in [0.4, 0.5) is 0 Å². The lowest BCUT2D eigenvalue weighted by atomic mass is 10.1. The lowest BCUT2D eigenvalue weighted by molar-refractivity contribution is -0.148. The lowest BCUT2D eigenvalue weighted by Gasteiger charge is -2.08. The molecule has 9 nitrogen and oxygen atoms in total. The van der Waals surface area contributed by atoms with Gasteiger partial charge in [-0.2, -0.15) is 0 Å². The Morgan fingerprint density at radius 3 is 2.87 bits per heavy atom. The number of benzene rings is 1. The number of carbonyl (C=O) groups excluding carboxylic acids is 1. The third-order valence-corrected chi connectivity index (χ3v) is 4.86. The van der Waals surface area contributed by atoms with Crippen molar-refractivity contribution in [2.24, 2.45) is 0 Å². The van der Waals surface area contributed by atoms with Gasteiger partial charge in [-0.05, 0) is 49.1 Å². The van der Waals surface area contributed by atoms with Gasteiger partial charge in [0.25, 0.3) is 11.8 Å². The highest BCUT2D eigenvalue weighted by Crippen LogP contribution is 2.29. The predicted molar refractivity (Wildman–Crippen MR) is 102 cm³/mol. The maximum atomic E-state index is 12.1. The molecule has 0 amide bonds. The number of ether oxygens (including phenoxy) is 2. The zero-order valence-electron chi connectivity index (χ0n) is 15.8. The minimum absolute atomic E-state index is 0.135. The molecule has 1 aliphatic rings. The van der Waals surface area contributed by atoms with E-state index in [9.17, 15) is 9.59 Å². The molecule has 0 spiro atoms. The fourth-order valence-electron chi connectivity index (χ4n) is 3.49. The summed E-state index contributed by atoms with van der Waals surface area (Å²) < 4.78 is 26.5. The first-order chi connectivity index (χ1) is 14.7. The fraction of sp³-hybridized carbons (Fsp3) is 0.238. The van der Waals surface area contributed by atoms with Crippen molar-refractivity contribution in [1.29, 1.82) is 0 Å². The highest BCUT2D eigenvalue weighted by molar-refractivity contribution is 5.83. The molecule has 5 rings (SSSR count). The molecule has 1 aromatic carbocycles. The van der Waals surface area contributed by atoms with E-state index in [4.69, 9.17) is 22.7 Å². The monoisotopic (exact) mass is 408 g/mol. The van der Waals surface area contributed by atoms with E-state index >= 15 is 0 Å². The van der Waals surface area contributed by atoms with E-state index in [0.29, 0.717) is 17.1 Å². The quantitative estimate of drug-likeness (QED) is 0.350. The Kier molecular flexibility index (Phi) is 4.55. The number of fused-ring (bicyclic) bond motifs is 3. The summed E-state index contributed by atoms with van der Waals surface area (Å²) in [4.78, 5) is 24.1. The molecular formula is C21H16N2O7. The average Bonchev–Trinajstić information content (AvgIpc) is 3.51. The first kappa shape index (κ1) is 18.2. The van der Waals surface area contributed by atoms with Gasteiger partial charge in [-0.3, -0.25) is 0 Å². The first-order valence-corrected chi connectivity index (χ1v) is 9.40. The van der Waals surface area contributed by atoms with Gasteiger partial charge in [-0.1, -0.05) is 0 Å². The molecule has 0 unspecified atom stereocenters. The molecule has 30 heavy (non-hydrogen) atoms. The van der Waals surface area contributed by atoms with Crippen LogP contribution in [0.1, 0.15) is 23.4 Å². The van der Waals surface area contributed by atoms with Crippen molar-refractivity contribution >= 4 is 16.9 Å². The molecule has 3 aromatic heterocycles. The Bertz CT molecular complexity index is 1270. The molecule has 0 N–H and O–H groups in total. The number of hydrogen-bond donors (Lipinski definition) is 0. The highest BCUT2D eigenvalue weighted by Gasteiger charge is 2.20. The molecule has 0 bridgehead atoms. The van der Waals surface area contributed by atoms with E-state index in [1.54, 1.807) is 24.3 Å². The van der Waals surface area contributed by atoms with Crippen LogP contribution in [0.15, 0.2) is 54.6 Å². The second-order valence-corrected chi connectivity index (χ2v) is 6.79. The summed E-state index contributed by atoms with van der Waals surface area (Å²) >= 11 is 0. The van der Waals surface area contributed by atoms with Gasteiger partial charge in [-0.25, -0.2) is 9.59 Å². The maximum absolute atomic E-state index is 12.1. The van der Waals surface area contributed by atoms with E-state index < -0.39 is 5.97 Å². The Morgan fingerprint density at radius 2 is 2.00 bits per heavy atom. The summed E-state index contributed by atoms with van der Waals surface area (Å²) in [7, 11) is 0. The Hall–Kier alpha value is -3.88. The fourth-order valence-corrected chi connectivity index (χ4v) is 3.49. The number of hydrogen-bond acceptors (Lipinski definition) is 9. The van der Waals surface area contributed by atoms with Crippen LogP contribution in [0, 0.1) is 0 Å². The molecule has 0 aliphatic heterocycles. The van der Waals surface area contributed by atoms with Crippen molar-refractivity contribution in [2.75, 3.05) is 6.61 Å². The molecule has 9 heteroatoms. The third-order valence-electron chi connectivity index (χ3n) is 4.86. The normalized spacial score (nSPS) is 12.8. The second-order valence-electron chi connectivity index (χ2n) is 6.79. The topological polar surface area (TPSA) is 118 Å². The van der Waals surface area contributed by atoms with Crippen molar-refractivity contribution < 1.29 is 27.5 Å². The van der Waals surface area contributed by atoms with Gasteiger partial charge in [0.2, 0.25) is 0 Å². The molecule has 3 heterocycles. The van der Waals surface area contributed by atoms with Crippen molar-refractivity contribution in [3.05, 3.63) is 64.0 Å². The van der Waals surface area contributed by atoms with Crippen molar-refractivity contribution in [3.63, 3.8) is 0 Å². The van der Waals surface area contributed by atoms with Crippen LogP contribution < -0.4 is 10.4 Å². The number of aromatic nitrogens is 2. The average molecular weight is 408 g/mol. The van der Waals surface area contributed by atoms with Crippen LogP contribution in [0.5, 0.6) is 5.75 Å². The SMILES string of the molecule is O=C(COc1ccc2c3c(c(=O)oc2c1)CCC3)OCc1nnc(-c2ccco2)o1. The van der Waals surface area contributed by atoms with Gasteiger partial charge in [-0.15, -0.1) is 10.2 Å². The summed E-state index contributed by atoms with van der Waals surface area (Å²) in [6.45, 7) is -0.505. The van der Waals surface area contributed by atoms with Crippen LogP contribution in [-0.2, 0) is 29.0 Å². The molecular weight excluding hydrogens is 392 g/mol.